The van der Waals surface area contributed by atoms with Crippen molar-refractivity contribution in [3.63, 3.8) is 0 Å². The Bertz CT molecular complexity index is 564. The van der Waals surface area contributed by atoms with Crippen LogP contribution in [0, 0.1) is 5.92 Å². The Morgan fingerprint density at radius 1 is 1.12 bits per heavy atom. The summed E-state index contributed by atoms with van der Waals surface area (Å²) < 4.78 is 0. The third-order valence-electron chi connectivity index (χ3n) is 5.03. The fraction of sp³-hybridized carbons (Fsp3) is 0.579. The van der Waals surface area contributed by atoms with Crippen LogP contribution in [0.25, 0.3) is 0 Å². The van der Waals surface area contributed by atoms with Gasteiger partial charge in [-0.3, -0.25) is 14.5 Å². The van der Waals surface area contributed by atoms with E-state index in [1.165, 1.54) is 0 Å². The predicted octanol–water partition coefficient (Wildman–Crippen LogP) is 1.21. The molecule has 2 saturated heterocycles. The quantitative estimate of drug-likeness (QED) is 0.751. The van der Waals surface area contributed by atoms with Crippen molar-refractivity contribution in [2.24, 2.45) is 5.92 Å². The number of hydrogen-bond acceptors (Lipinski definition) is 4. The van der Waals surface area contributed by atoms with Gasteiger partial charge >= 0.3 is 0 Å². The lowest BCUT2D eigenvalue weighted by atomic mass is 9.97. The summed E-state index contributed by atoms with van der Waals surface area (Å²) in [5, 5.41) is 9.40. The van der Waals surface area contributed by atoms with E-state index in [2.05, 4.69) is 20.9 Å². The highest BCUT2D eigenvalue weighted by molar-refractivity contribution is 5.92. The molecule has 0 radical (unpaired) electrons. The van der Waals surface area contributed by atoms with E-state index in [-0.39, 0.29) is 23.8 Å². The van der Waals surface area contributed by atoms with E-state index in [0.717, 1.165) is 57.5 Å². The smallest absolute Gasteiger partial charge is 0.238 e. The van der Waals surface area contributed by atoms with E-state index in [1.807, 2.05) is 30.3 Å². The summed E-state index contributed by atoms with van der Waals surface area (Å²) in [6.45, 7) is 3.91. The third-order valence-corrected chi connectivity index (χ3v) is 5.03. The zero-order valence-corrected chi connectivity index (χ0v) is 14.7. The maximum Gasteiger partial charge on any atom is 0.238 e. The summed E-state index contributed by atoms with van der Waals surface area (Å²) in [5.74, 6) is 0.317. The molecule has 2 aliphatic rings. The zero-order valence-electron chi connectivity index (χ0n) is 14.7. The zero-order chi connectivity index (χ0) is 17.5. The van der Waals surface area contributed by atoms with Gasteiger partial charge < -0.3 is 16.0 Å². The third kappa shape index (κ3) is 5.54. The van der Waals surface area contributed by atoms with Crippen LogP contribution in [0.1, 0.15) is 25.7 Å². The largest absolute Gasteiger partial charge is 0.353 e. The topological polar surface area (TPSA) is 73.5 Å². The second kappa shape index (κ2) is 8.97. The minimum absolute atomic E-state index is 0.0157. The number of carbonyl (C=O) groups is 2. The molecule has 0 spiro atoms. The molecule has 1 aromatic rings. The molecule has 3 rings (SSSR count). The Kier molecular flexibility index (Phi) is 6.42. The summed E-state index contributed by atoms with van der Waals surface area (Å²) in [6.07, 6.45) is 3.87. The van der Waals surface area contributed by atoms with Crippen molar-refractivity contribution in [2.75, 3.05) is 38.0 Å². The summed E-state index contributed by atoms with van der Waals surface area (Å²) in [4.78, 5) is 26.6. The van der Waals surface area contributed by atoms with Crippen molar-refractivity contribution in [2.45, 2.75) is 31.7 Å². The molecule has 0 bridgehead atoms. The number of benzene rings is 1. The average molecular weight is 344 g/mol. The first kappa shape index (κ1) is 17.9. The number of piperidine rings is 2. The second-order valence-corrected chi connectivity index (χ2v) is 7.02. The number of hydrogen-bond donors (Lipinski definition) is 3. The molecule has 2 heterocycles. The van der Waals surface area contributed by atoms with E-state index in [0.29, 0.717) is 6.54 Å². The molecule has 2 fully saturated rings. The van der Waals surface area contributed by atoms with Gasteiger partial charge in [-0.15, -0.1) is 0 Å². The number of carbonyl (C=O) groups excluding carboxylic acids is 2. The molecule has 1 aromatic carbocycles. The maximum atomic E-state index is 12.3. The van der Waals surface area contributed by atoms with Crippen LogP contribution in [0.15, 0.2) is 30.3 Å². The molecule has 25 heavy (non-hydrogen) atoms. The molecular weight excluding hydrogens is 316 g/mol. The van der Waals surface area contributed by atoms with Crippen molar-refractivity contribution >= 4 is 17.5 Å². The van der Waals surface area contributed by atoms with Crippen molar-refractivity contribution in [3.8, 4) is 0 Å². The van der Waals surface area contributed by atoms with Crippen LogP contribution in [0.2, 0.25) is 0 Å². The number of anilines is 1. The summed E-state index contributed by atoms with van der Waals surface area (Å²) in [6, 6.07) is 9.76. The number of para-hydroxylation sites is 1. The van der Waals surface area contributed by atoms with E-state index < -0.39 is 0 Å². The molecule has 3 N–H and O–H groups in total. The minimum Gasteiger partial charge on any atom is -0.353 e. The maximum absolute atomic E-state index is 12.3. The molecule has 1 atom stereocenters. The van der Waals surface area contributed by atoms with Gasteiger partial charge in [-0.05, 0) is 44.4 Å². The fourth-order valence-corrected chi connectivity index (χ4v) is 3.56. The number of nitrogens with one attached hydrogen (secondary N) is 3. The molecule has 0 aliphatic carbocycles. The highest BCUT2D eigenvalue weighted by atomic mass is 16.2. The van der Waals surface area contributed by atoms with Crippen LogP contribution >= 0.6 is 0 Å². The molecule has 6 nitrogen and oxygen atoms in total. The van der Waals surface area contributed by atoms with Crippen molar-refractivity contribution in [1.29, 1.82) is 0 Å². The van der Waals surface area contributed by atoms with Crippen molar-refractivity contribution < 1.29 is 9.59 Å². The van der Waals surface area contributed by atoms with E-state index >= 15 is 0 Å². The van der Waals surface area contributed by atoms with Crippen LogP contribution < -0.4 is 16.0 Å². The Labute approximate surface area is 149 Å². The van der Waals surface area contributed by atoms with Gasteiger partial charge in [0, 0.05) is 31.4 Å². The molecule has 2 aliphatic heterocycles. The van der Waals surface area contributed by atoms with E-state index in [9.17, 15) is 9.59 Å². The van der Waals surface area contributed by atoms with Gasteiger partial charge in [0.25, 0.3) is 0 Å². The van der Waals surface area contributed by atoms with Gasteiger partial charge in [-0.25, -0.2) is 0 Å². The molecule has 0 aromatic heterocycles. The monoisotopic (exact) mass is 344 g/mol. The molecule has 0 saturated carbocycles. The first-order chi connectivity index (χ1) is 12.2. The van der Waals surface area contributed by atoms with Crippen LogP contribution in [0.3, 0.4) is 0 Å². The van der Waals surface area contributed by atoms with Crippen LogP contribution in [-0.4, -0.2) is 55.5 Å². The Balaban J connectivity index is 1.36. The second-order valence-electron chi connectivity index (χ2n) is 7.02. The normalized spacial score (nSPS) is 22.3. The molecule has 6 heteroatoms. The van der Waals surface area contributed by atoms with Gasteiger partial charge in [0.05, 0.1) is 12.5 Å². The average Bonchev–Trinajstić information content (AvgIpc) is 2.65. The number of likely N-dealkylation sites (tertiary alicyclic amines) is 1. The Morgan fingerprint density at radius 3 is 2.56 bits per heavy atom. The first-order valence-electron chi connectivity index (χ1n) is 9.29. The lowest BCUT2D eigenvalue weighted by molar-refractivity contribution is -0.126. The van der Waals surface area contributed by atoms with Crippen LogP contribution in [0.5, 0.6) is 0 Å². The number of rotatable bonds is 5. The van der Waals surface area contributed by atoms with Gasteiger partial charge in [-0.1, -0.05) is 18.2 Å². The van der Waals surface area contributed by atoms with Gasteiger partial charge in [0.15, 0.2) is 0 Å². The van der Waals surface area contributed by atoms with Gasteiger partial charge in [0.2, 0.25) is 11.8 Å². The fourth-order valence-electron chi connectivity index (χ4n) is 3.56. The van der Waals surface area contributed by atoms with Crippen molar-refractivity contribution in [1.82, 2.24) is 15.5 Å². The molecule has 2 amide bonds. The summed E-state index contributed by atoms with van der Waals surface area (Å²) >= 11 is 0. The lowest BCUT2D eigenvalue weighted by Crippen LogP contribution is -2.49. The minimum atomic E-state index is 0.0157. The van der Waals surface area contributed by atoms with E-state index in [4.69, 9.17) is 0 Å². The number of amides is 2. The van der Waals surface area contributed by atoms with Gasteiger partial charge in [-0.2, -0.15) is 0 Å². The highest BCUT2D eigenvalue weighted by Gasteiger charge is 2.26. The molecule has 1 unspecified atom stereocenters. The highest BCUT2D eigenvalue weighted by Crippen LogP contribution is 2.14. The van der Waals surface area contributed by atoms with Gasteiger partial charge in [0.1, 0.15) is 0 Å². The van der Waals surface area contributed by atoms with E-state index in [1.54, 1.807) is 0 Å². The SMILES string of the molecule is O=C(CN1CCC(NC(=O)C2CCCNC2)CC1)Nc1ccccc1. The van der Waals surface area contributed by atoms with Crippen LogP contribution in [-0.2, 0) is 9.59 Å². The van der Waals surface area contributed by atoms with Crippen LogP contribution in [0.4, 0.5) is 5.69 Å². The summed E-state index contributed by atoms with van der Waals surface area (Å²) in [5.41, 5.74) is 0.829. The summed E-state index contributed by atoms with van der Waals surface area (Å²) in [7, 11) is 0. The molecule has 136 valence electrons. The molecular formula is C19H28N4O2. The van der Waals surface area contributed by atoms with Crippen molar-refractivity contribution in [3.05, 3.63) is 30.3 Å². The predicted molar refractivity (Wildman–Crippen MR) is 98.3 cm³/mol. The first-order valence-corrected chi connectivity index (χ1v) is 9.29. The Morgan fingerprint density at radius 2 is 1.88 bits per heavy atom. The number of nitrogens with zero attached hydrogens (tertiary/aromatic N) is 1. The lowest BCUT2D eigenvalue weighted by Gasteiger charge is -2.33. The standard InChI is InChI=1S/C19H28N4O2/c24-18(21-16-6-2-1-3-7-16)14-23-11-8-17(9-12-23)22-19(25)15-5-4-10-20-13-15/h1-3,6-7,15,17,20H,4-5,8-14H2,(H,21,24)(H,22,25). The Hall–Kier alpha value is -1.92.